The van der Waals surface area contributed by atoms with Crippen LogP contribution in [0.5, 0.6) is 0 Å². The molecule has 0 atom stereocenters. The van der Waals surface area contributed by atoms with Gasteiger partial charge in [0.25, 0.3) is 0 Å². The van der Waals surface area contributed by atoms with E-state index in [2.05, 4.69) is 55.0 Å². The lowest BCUT2D eigenvalue weighted by molar-refractivity contribution is -0.0961. The molecular weight excluding hydrogens is 417 g/mol. The standard InChI is InChI=1S/C23H27F3N6/c1-22(2,3)17-6-4-15(5-7-17)9-11-32-13-19(30-14-32)18-12-16(8-10-29-18)20(27)21(31-28)23(24,25)26/h4-8,10,12-14,31H,9,11,27-28H2,1-3H3/b21-20-. The average molecular weight is 445 g/mol. The van der Waals surface area contributed by atoms with Crippen molar-refractivity contribution >= 4 is 5.70 Å². The van der Waals surface area contributed by atoms with E-state index < -0.39 is 17.6 Å². The Bertz CT molecular complexity index is 1090. The van der Waals surface area contributed by atoms with Gasteiger partial charge in [-0.25, -0.2) is 4.98 Å². The number of aromatic nitrogens is 3. The number of nitrogens with zero attached hydrogens (tertiary/aromatic N) is 3. The molecule has 0 spiro atoms. The minimum atomic E-state index is -4.70. The van der Waals surface area contributed by atoms with Gasteiger partial charge >= 0.3 is 6.18 Å². The highest BCUT2D eigenvalue weighted by Crippen LogP contribution is 2.28. The molecule has 2 aromatic heterocycles. The van der Waals surface area contributed by atoms with Crippen molar-refractivity contribution in [2.24, 2.45) is 11.6 Å². The quantitative estimate of drug-likeness (QED) is 0.392. The van der Waals surface area contributed by atoms with Crippen molar-refractivity contribution in [3.05, 3.63) is 77.5 Å². The molecular formula is C23H27F3N6. The van der Waals surface area contributed by atoms with E-state index in [4.69, 9.17) is 11.6 Å². The van der Waals surface area contributed by atoms with Crippen molar-refractivity contribution in [3.8, 4) is 11.4 Å². The lowest BCUT2D eigenvalue weighted by Crippen LogP contribution is -2.34. The summed E-state index contributed by atoms with van der Waals surface area (Å²) in [6, 6.07) is 11.4. The van der Waals surface area contributed by atoms with Gasteiger partial charge in [0.2, 0.25) is 0 Å². The lowest BCUT2D eigenvalue weighted by Gasteiger charge is -2.19. The second-order valence-corrected chi connectivity index (χ2v) is 8.55. The number of allylic oxidation sites excluding steroid dienone is 1. The second-order valence-electron chi connectivity index (χ2n) is 8.55. The van der Waals surface area contributed by atoms with E-state index in [-0.39, 0.29) is 11.0 Å². The summed E-state index contributed by atoms with van der Waals surface area (Å²) in [5.74, 6) is 5.02. The zero-order valence-electron chi connectivity index (χ0n) is 18.2. The van der Waals surface area contributed by atoms with Crippen LogP contribution in [0.15, 0.2) is 60.8 Å². The molecule has 0 aliphatic rings. The van der Waals surface area contributed by atoms with E-state index in [1.807, 2.05) is 4.57 Å². The third kappa shape index (κ3) is 5.47. The number of hydrazine groups is 1. The van der Waals surface area contributed by atoms with Gasteiger partial charge in [-0.2, -0.15) is 13.2 Å². The smallest absolute Gasteiger partial charge is 0.397 e. The van der Waals surface area contributed by atoms with Crippen molar-refractivity contribution < 1.29 is 13.2 Å². The number of pyridine rings is 1. The first kappa shape index (κ1) is 23.3. The Morgan fingerprint density at radius 1 is 1.03 bits per heavy atom. The van der Waals surface area contributed by atoms with Crippen molar-refractivity contribution in [3.63, 3.8) is 0 Å². The number of hydrogen-bond acceptors (Lipinski definition) is 5. The fraction of sp³-hybridized carbons (Fsp3) is 0.304. The van der Waals surface area contributed by atoms with Gasteiger partial charge in [0, 0.05) is 24.5 Å². The Kier molecular flexibility index (Phi) is 6.59. The largest absolute Gasteiger partial charge is 0.434 e. The lowest BCUT2D eigenvalue weighted by atomic mass is 9.86. The van der Waals surface area contributed by atoms with E-state index in [9.17, 15) is 13.2 Å². The number of alkyl halides is 3. The average Bonchev–Trinajstić information content (AvgIpc) is 3.20. The number of nitrogens with one attached hydrogen (secondary N) is 1. The molecule has 0 fully saturated rings. The van der Waals surface area contributed by atoms with Crippen LogP contribution in [0.2, 0.25) is 0 Å². The van der Waals surface area contributed by atoms with Crippen molar-refractivity contribution in [1.29, 1.82) is 0 Å². The molecule has 0 saturated heterocycles. The molecule has 3 aromatic rings. The fourth-order valence-corrected chi connectivity index (χ4v) is 3.24. The fourth-order valence-electron chi connectivity index (χ4n) is 3.24. The molecule has 170 valence electrons. The van der Waals surface area contributed by atoms with Gasteiger partial charge in [-0.15, -0.1) is 0 Å². The van der Waals surface area contributed by atoms with Gasteiger partial charge in [0.15, 0.2) is 5.70 Å². The van der Waals surface area contributed by atoms with Crippen molar-refractivity contribution in [2.75, 3.05) is 0 Å². The molecule has 0 aliphatic heterocycles. The summed E-state index contributed by atoms with van der Waals surface area (Å²) in [4.78, 5) is 8.56. The molecule has 0 bridgehead atoms. The Morgan fingerprint density at radius 3 is 2.31 bits per heavy atom. The molecule has 1 aromatic carbocycles. The number of halogens is 3. The predicted octanol–water partition coefficient (Wildman–Crippen LogP) is 4.14. The Balaban J connectivity index is 1.75. The molecule has 3 rings (SSSR count). The normalized spacial score (nSPS) is 13.1. The Hall–Kier alpha value is -3.33. The number of imidazole rings is 1. The summed E-state index contributed by atoms with van der Waals surface area (Å²) in [6.07, 6.45) is 0.990. The van der Waals surface area contributed by atoms with Crippen molar-refractivity contribution in [1.82, 2.24) is 20.0 Å². The zero-order valence-corrected chi connectivity index (χ0v) is 18.2. The van der Waals surface area contributed by atoms with Crippen LogP contribution >= 0.6 is 0 Å². The number of rotatable bonds is 6. The number of benzene rings is 1. The Morgan fingerprint density at radius 2 is 1.72 bits per heavy atom. The van der Waals surface area contributed by atoms with E-state index in [0.29, 0.717) is 17.9 Å². The van der Waals surface area contributed by atoms with Crippen molar-refractivity contribution in [2.45, 2.75) is 45.3 Å². The molecule has 9 heteroatoms. The summed E-state index contributed by atoms with van der Waals surface area (Å²) < 4.78 is 41.1. The van der Waals surface area contributed by atoms with Gasteiger partial charge in [0.05, 0.1) is 17.7 Å². The highest BCUT2D eigenvalue weighted by Gasteiger charge is 2.36. The minimum absolute atomic E-state index is 0.110. The van der Waals surface area contributed by atoms with E-state index in [1.165, 1.54) is 29.5 Å². The van der Waals surface area contributed by atoms with Gasteiger partial charge < -0.3 is 15.7 Å². The summed E-state index contributed by atoms with van der Waals surface area (Å²) in [5, 5.41) is 0. The van der Waals surface area contributed by atoms with Crippen LogP contribution in [0.25, 0.3) is 17.1 Å². The monoisotopic (exact) mass is 444 g/mol. The highest BCUT2D eigenvalue weighted by molar-refractivity contribution is 5.69. The molecule has 0 saturated carbocycles. The van der Waals surface area contributed by atoms with Crippen LogP contribution in [0.1, 0.15) is 37.5 Å². The van der Waals surface area contributed by atoms with Gasteiger partial charge in [-0.1, -0.05) is 45.0 Å². The molecule has 6 nitrogen and oxygen atoms in total. The van der Waals surface area contributed by atoms with Gasteiger partial charge in [-0.05, 0) is 35.1 Å². The molecule has 0 unspecified atom stereocenters. The number of hydrogen-bond donors (Lipinski definition) is 3. The van der Waals surface area contributed by atoms with Gasteiger partial charge in [-0.3, -0.25) is 10.8 Å². The molecule has 2 heterocycles. The summed E-state index contributed by atoms with van der Waals surface area (Å²) in [7, 11) is 0. The van der Waals surface area contributed by atoms with Crippen LogP contribution in [0.4, 0.5) is 13.2 Å². The van der Waals surface area contributed by atoms with Crippen LogP contribution in [-0.2, 0) is 18.4 Å². The number of nitrogens with two attached hydrogens (primary N) is 2. The highest BCUT2D eigenvalue weighted by atomic mass is 19.4. The van der Waals surface area contributed by atoms with E-state index in [0.717, 1.165) is 6.42 Å². The zero-order chi connectivity index (χ0) is 23.5. The SMILES string of the molecule is CC(C)(C)c1ccc(CCn2cnc(-c3cc(/C(N)=C(/NN)C(F)(F)F)ccn3)c2)cc1. The molecule has 0 radical (unpaired) electrons. The minimum Gasteiger partial charge on any atom is -0.397 e. The third-order valence-electron chi connectivity index (χ3n) is 5.14. The summed E-state index contributed by atoms with van der Waals surface area (Å²) in [6.45, 7) is 7.24. The predicted molar refractivity (Wildman–Crippen MR) is 119 cm³/mol. The molecule has 0 aliphatic carbocycles. The Labute approximate surface area is 185 Å². The maximum Gasteiger partial charge on any atom is 0.434 e. The van der Waals surface area contributed by atoms with E-state index in [1.54, 1.807) is 17.9 Å². The molecule has 5 N–H and O–H groups in total. The number of aryl methyl sites for hydroxylation is 2. The first-order valence-electron chi connectivity index (χ1n) is 10.1. The van der Waals surface area contributed by atoms with Crippen LogP contribution in [0, 0.1) is 0 Å². The maximum absolute atomic E-state index is 13.1. The molecule has 32 heavy (non-hydrogen) atoms. The van der Waals surface area contributed by atoms with Crippen LogP contribution in [0.3, 0.4) is 0 Å². The molecule has 0 amide bonds. The summed E-state index contributed by atoms with van der Waals surface area (Å²) >= 11 is 0. The third-order valence-corrected chi connectivity index (χ3v) is 5.14. The first-order chi connectivity index (χ1) is 15.0. The maximum atomic E-state index is 13.1. The second kappa shape index (κ2) is 9.04. The van der Waals surface area contributed by atoms with E-state index >= 15 is 0 Å². The first-order valence-corrected chi connectivity index (χ1v) is 10.1. The van der Waals surface area contributed by atoms with Gasteiger partial charge in [0.1, 0.15) is 5.69 Å². The summed E-state index contributed by atoms with van der Waals surface area (Å²) in [5.41, 5.74) is 9.32. The van der Waals surface area contributed by atoms with Crippen LogP contribution in [-0.4, -0.2) is 20.7 Å². The van der Waals surface area contributed by atoms with Crippen LogP contribution < -0.4 is 17.0 Å². The topological polar surface area (TPSA) is 94.8 Å².